The minimum Gasteiger partial charge on any atom is -0.506 e. The summed E-state index contributed by atoms with van der Waals surface area (Å²) >= 11 is 1.37. The second kappa shape index (κ2) is 10.1. The van der Waals surface area contributed by atoms with E-state index in [0.29, 0.717) is 16.2 Å². The van der Waals surface area contributed by atoms with Crippen molar-refractivity contribution in [1.29, 1.82) is 0 Å². The van der Waals surface area contributed by atoms with Gasteiger partial charge in [0, 0.05) is 17.9 Å². The van der Waals surface area contributed by atoms with E-state index >= 15 is 0 Å². The SMILES string of the molecule is CC(=O)Nc1cc(C(=O)NN=C(C)c2csc(-c3ccc(C(C)(C)C)cc3)c2O)ccc1C(=O)O. The average Bonchev–Trinajstić information content (AvgIpc) is 3.17. The van der Waals surface area contributed by atoms with Crippen LogP contribution < -0.4 is 10.7 Å². The van der Waals surface area contributed by atoms with Crippen LogP contribution in [0.3, 0.4) is 0 Å². The van der Waals surface area contributed by atoms with Crippen LogP contribution in [0.1, 0.15) is 66.5 Å². The summed E-state index contributed by atoms with van der Waals surface area (Å²) in [6, 6.07) is 11.9. The minimum absolute atomic E-state index is 0.0101. The number of anilines is 1. The van der Waals surface area contributed by atoms with Crippen molar-refractivity contribution in [3.05, 3.63) is 70.1 Å². The fourth-order valence-corrected chi connectivity index (χ4v) is 4.37. The first-order chi connectivity index (χ1) is 16.4. The van der Waals surface area contributed by atoms with Gasteiger partial charge in [-0.1, -0.05) is 45.0 Å². The summed E-state index contributed by atoms with van der Waals surface area (Å²) in [5, 5.41) is 28.3. The molecule has 182 valence electrons. The Morgan fingerprint density at radius 2 is 1.63 bits per heavy atom. The lowest BCUT2D eigenvalue weighted by molar-refractivity contribution is -0.114. The van der Waals surface area contributed by atoms with Crippen LogP contribution in [-0.4, -0.2) is 33.7 Å². The number of amides is 2. The summed E-state index contributed by atoms with van der Waals surface area (Å²) < 4.78 is 0. The lowest BCUT2D eigenvalue weighted by Crippen LogP contribution is -2.20. The summed E-state index contributed by atoms with van der Waals surface area (Å²) in [7, 11) is 0. The standard InChI is InChI=1S/C26H27N3O5S/c1-14(20-13-35-23(22(20)31)16-6-9-18(10-7-16)26(3,4)5)28-29-24(32)17-8-11-19(25(33)34)21(12-17)27-15(2)30/h6-13,31H,1-5H3,(H,27,30)(H,29,32)(H,33,34). The van der Waals surface area contributed by atoms with Crippen molar-refractivity contribution in [1.82, 2.24) is 5.43 Å². The van der Waals surface area contributed by atoms with E-state index in [9.17, 15) is 24.6 Å². The number of carboxylic acid groups (broad SMARTS) is 1. The second-order valence-corrected chi connectivity index (χ2v) is 9.92. The number of hydrogen-bond donors (Lipinski definition) is 4. The Morgan fingerprint density at radius 3 is 2.20 bits per heavy atom. The monoisotopic (exact) mass is 493 g/mol. The van der Waals surface area contributed by atoms with Crippen LogP contribution in [0.2, 0.25) is 0 Å². The number of carboxylic acids is 1. The van der Waals surface area contributed by atoms with E-state index in [1.165, 1.54) is 42.0 Å². The fraction of sp³-hybridized carbons (Fsp3) is 0.231. The molecule has 3 aromatic rings. The van der Waals surface area contributed by atoms with Gasteiger partial charge in [0.2, 0.25) is 5.91 Å². The Bertz CT molecular complexity index is 1320. The molecule has 0 aliphatic rings. The maximum Gasteiger partial charge on any atom is 0.337 e. The normalized spacial score (nSPS) is 11.7. The summed E-state index contributed by atoms with van der Waals surface area (Å²) in [5.41, 5.74) is 5.39. The van der Waals surface area contributed by atoms with Crippen LogP contribution in [-0.2, 0) is 10.2 Å². The van der Waals surface area contributed by atoms with Gasteiger partial charge in [0.1, 0.15) is 5.75 Å². The van der Waals surface area contributed by atoms with Crippen molar-refractivity contribution in [3.8, 4) is 16.2 Å². The number of nitrogens with zero attached hydrogens (tertiary/aromatic N) is 1. The molecule has 0 unspecified atom stereocenters. The van der Waals surface area contributed by atoms with Crippen molar-refractivity contribution in [2.45, 2.75) is 40.0 Å². The zero-order valence-corrected chi connectivity index (χ0v) is 20.9. The first-order valence-electron chi connectivity index (χ1n) is 10.8. The van der Waals surface area contributed by atoms with Gasteiger partial charge in [-0.15, -0.1) is 11.3 Å². The average molecular weight is 494 g/mol. The third-order valence-corrected chi connectivity index (χ3v) is 6.33. The highest BCUT2D eigenvalue weighted by molar-refractivity contribution is 7.14. The molecule has 1 heterocycles. The molecule has 0 saturated heterocycles. The lowest BCUT2D eigenvalue weighted by atomic mass is 9.86. The molecule has 8 nitrogen and oxygen atoms in total. The largest absolute Gasteiger partial charge is 0.506 e. The third kappa shape index (κ3) is 5.93. The number of hydrazone groups is 1. The Kier molecular flexibility index (Phi) is 7.40. The lowest BCUT2D eigenvalue weighted by Gasteiger charge is -2.19. The molecule has 1 aromatic heterocycles. The van der Waals surface area contributed by atoms with Crippen molar-refractivity contribution in [2.24, 2.45) is 5.10 Å². The first-order valence-corrected chi connectivity index (χ1v) is 11.7. The van der Waals surface area contributed by atoms with Crippen LogP contribution in [0.25, 0.3) is 10.4 Å². The molecule has 4 N–H and O–H groups in total. The molecule has 0 atom stereocenters. The van der Waals surface area contributed by atoms with Crippen molar-refractivity contribution in [3.63, 3.8) is 0 Å². The zero-order chi connectivity index (χ0) is 25.9. The van der Waals surface area contributed by atoms with Gasteiger partial charge in [0.05, 0.1) is 27.4 Å². The Morgan fingerprint density at radius 1 is 0.971 bits per heavy atom. The van der Waals surface area contributed by atoms with E-state index in [-0.39, 0.29) is 28.0 Å². The maximum atomic E-state index is 12.6. The zero-order valence-electron chi connectivity index (χ0n) is 20.1. The topological polar surface area (TPSA) is 128 Å². The highest BCUT2D eigenvalue weighted by atomic mass is 32.1. The summed E-state index contributed by atoms with van der Waals surface area (Å²) in [5.74, 6) is -2.21. The Balaban J connectivity index is 1.80. The number of aromatic carboxylic acids is 1. The summed E-state index contributed by atoms with van der Waals surface area (Å²) in [4.78, 5) is 36.0. The van der Waals surface area contributed by atoms with Crippen LogP contribution in [0.4, 0.5) is 5.69 Å². The summed E-state index contributed by atoms with van der Waals surface area (Å²) in [6.45, 7) is 9.31. The number of thiophene rings is 1. The van der Waals surface area contributed by atoms with E-state index < -0.39 is 17.8 Å². The van der Waals surface area contributed by atoms with Gasteiger partial charge in [-0.05, 0) is 41.7 Å². The minimum atomic E-state index is -1.23. The van der Waals surface area contributed by atoms with E-state index in [4.69, 9.17) is 0 Å². The third-order valence-electron chi connectivity index (χ3n) is 5.32. The van der Waals surface area contributed by atoms with Gasteiger partial charge in [-0.2, -0.15) is 5.10 Å². The van der Waals surface area contributed by atoms with Gasteiger partial charge in [0.15, 0.2) is 0 Å². The van der Waals surface area contributed by atoms with E-state index in [2.05, 4.69) is 36.6 Å². The molecule has 9 heteroatoms. The number of hydrogen-bond acceptors (Lipinski definition) is 6. The van der Waals surface area contributed by atoms with Gasteiger partial charge < -0.3 is 15.5 Å². The molecular weight excluding hydrogens is 466 g/mol. The highest BCUT2D eigenvalue weighted by Crippen LogP contribution is 2.39. The van der Waals surface area contributed by atoms with Gasteiger partial charge >= 0.3 is 5.97 Å². The molecule has 2 aromatic carbocycles. The first kappa shape index (κ1) is 25.6. The van der Waals surface area contributed by atoms with E-state index in [1.807, 2.05) is 24.3 Å². The van der Waals surface area contributed by atoms with Crippen LogP contribution in [0, 0.1) is 0 Å². The van der Waals surface area contributed by atoms with Gasteiger partial charge in [0.25, 0.3) is 5.91 Å². The maximum absolute atomic E-state index is 12.6. The van der Waals surface area contributed by atoms with Gasteiger partial charge in [-0.3, -0.25) is 9.59 Å². The number of benzene rings is 2. The van der Waals surface area contributed by atoms with Crippen LogP contribution in [0.15, 0.2) is 52.9 Å². The number of carbonyl (C=O) groups is 3. The number of rotatable bonds is 6. The van der Waals surface area contributed by atoms with Crippen molar-refractivity contribution < 1.29 is 24.6 Å². The van der Waals surface area contributed by atoms with E-state index in [0.717, 1.165) is 5.56 Å². The Labute approximate surface area is 207 Å². The number of carbonyl (C=O) groups excluding carboxylic acids is 2. The predicted octanol–water partition coefficient (Wildman–Crippen LogP) is 5.23. The number of nitrogens with one attached hydrogen (secondary N) is 2. The molecule has 0 saturated carbocycles. The number of aromatic hydroxyl groups is 1. The second-order valence-electron chi connectivity index (χ2n) is 9.04. The van der Waals surface area contributed by atoms with Crippen LogP contribution in [0.5, 0.6) is 5.75 Å². The molecule has 2 amide bonds. The molecule has 0 spiro atoms. The molecule has 35 heavy (non-hydrogen) atoms. The molecule has 0 bridgehead atoms. The predicted molar refractivity (Wildman–Crippen MR) is 138 cm³/mol. The molecular formula is C26H27N3O5S. The smallest absolute Gasteiger partial charge is 0.337 e. The Hall–Kier alpha value is -3.98. The van der Waals surface area contributed by atoms with Crippen molar-refractivity contribution in [2.75, 3.05) is 5.32 Å². The molecule has 0 aliphatic heterocycles. The molecule has 0 radical (unpaired) electrons. The van der Waals surface area contributed by atoms with Crippen molar-refractivity contribution >= 4 is 40.5 Å². The van der Waals surface area contributed by atoms with Crippen LogP contribution >= 0.6 is 11.3 Å². The molecule has 0 aliphatic carbocycles. The highest BCUT2D eigenvalue weighted by Gasteiger charge is 2.18. The quantitative estimate of drug-likeness (QED) is 0.276. The molecule has 3 rings (SSSR count). The van der Waals surface area contributed by atoms with E-state index in [1.54, 1.807) is 12.3 Å². The summed E-state index contributed by atoms with van der Waals surface area (Å²) in [6.07, 6.45) is 0. The van der Waals surface area contributed by atoms with Gasteiger partial charge in [-0.25, -0.2) is 10.2 Å². The fourth-order valence-electron chi connectivity index (χ4n) is 3.36. The molecule has 0 fully saturated rings.